The fourth-order valence-corrected chi connectivity index (χ4v) is 1.81. The quantitative estimate of drug-likeness (QED) is 0.666. The molecule has 1 fully saturated rings. The van der Waals surface area contributed by atoms with Crippen LogP contribution in [0.5, 0.6) is 0 Å². The van der Waals surface area contributed by atoms with Crippen LogP contribution in [0.25, 0.3) is 0 Å². The molecule has 0 amide bonds. The van der Waals surface area contributed by atoms with Crippen molar-refractivity contribution in [1.29, 1.82) is 0 Å². The third kappa shape index (κ3) is 3.53. The van der Waals surface area contributed by atoms with E-state index in [0.29, 0.717) is 0 Å². The van der Waals surface area contributed by atoms with Crippen molar-refractivity contribution in [3.8, 4) is 0 Å². The van der Waals surface area contributed by atoms with Crippen LogP contribution < -0.4 is 0 Å². The molecule has 1 heterocycles. The average molecular weight is 202 g/mol. The standard InChI is InChI=1S/C10H22N2O2/c1-4-11-5-7-12(8-6-11)9(2)14-10(3)13/h9-10,13H,4-8H2,1-3H3. The van der Waals surface area contributed by atoms with E-state index in [0.717, 1.165) is 32.7 Å². The van der Waals surface area contributed by atoms with Crippen molar-refractivity contribution in [2.24, 2.45) is 0 Å². The van der Waals surface area contributed by atoms with Crippen molar-refractivity contribution >= 4 is 0 Å². The van der Waals surface area contributed by atoms with Gasteiger partial charge < -0.3 is 14.7 Å². The highest BCUT2D eigenvalue weighted by molar-refractivity contribution is 4.71. The number of rotatable bonds is 4. The molecule has 4 heteroatoms. The maximum absolute atomic E-state index is 9.09. The van der Waals surface area contributed by atoms with E-state index in [4.69, 9.17) is 9.84 Å². The maximum atomic E-state index is 9.09. The van der Waals surface area contributed by atoms with Gasteiger partial charge in [-0.05, 0) is 20.4 Å². The van der Waals surface area contributed by atoms with Crippen LogP contribution in [0.4, 0.5) is 0 Å². The van der Waals surface area contributed by atoms with Gasteiger partial charge in [0.25, 0.3) is 0 Å². The summed E-state index contributed by atoms with van der Waals surface area (Å²) >= 11 is 0. The lowest BCUT2D eigenvalue weighted by Gasteiger charge is -2.37. The fraction of sp³-hybridized carbons (Fsp3) is 1.00. The van der Waals surface area contributed by atoms with Gasteiger partial charge in [0.1, 0.15) is 6.23 Å². The Morgan fingerprint density at radius 2 is 1.79 bits per heavy atom. The molecule has 1 saturated heterocycles. The maximum Gasteiger partial charge on any atom is 0.153 e. The first-order chi connectivity index (χ1) is 6.63. The van der Waals surface area contributed by atoms with Crippen molar-refractivity contribution in [3.05, 3.63) is 0 Å². The molecule has 0 bridgehead atoms. The molecule has 84 valence electrons. The Morgan fingerprint density at radius 1 is 1.21 bits per heavy atom. The molecular formula is C10H22N2O2. The van der Waals surface area contributed by atoms with Crippen LogP contribution >= 0.6 is 0 Å². The van der Waals surface area contributed by atoms with Crippen molar-refractivity contribution in [2.75, 3.05) is 32.7 Å². The molecular weight excluding hydrogens is 180 g/mol. The van der Waals surface area contributed by atoms with Gasteiger partial charge in [-0.2, -0.15) is 0 Å². The van der Waals surface area contributed by atoms with Crippen molar-refractivity contribution in [2.45, 2.75) is 33.3 Å². The van der Waals surface area contributed by atoms with E-state index in [1.807, 2.05) is 6.92 Å². The Kier molecular flexibility index (Phi) is 4.81. The average Bonchev–Trinajstić information content (AvgIpc) is 2.17. The largest absolute Gasteiger partial charge is 0.368 e. The number of ether oxygens (including phenoxy) is 1. The van der Waals surface area contributed by atoms with Gasteiger partial charge in [-0.1, -0.05) is 6.92 Å². The summed E-state index contributed by atoms with van der Waals surface area (Å²) in [7, 11) is 0. The van der Waals surface area contributed by atoms with E-state index in [2.05, 4.69) is 16.7 Å². The van der Waals surface area contributed by atoms with Gasteiger partial charge in [0.2, 0.25) is 0 Å². The number of hydrogen-bond acceptors (Lipinski definition) is 4. The Hall–Kier alpha value is -0.160. The number of hydrogen-bond donors (Lipinski definition) is 1. The summed E-state index contributed by atoms with van der Waals surface area (Å²) in [6.07, 6.45) is -0.650. The van der Waals surface area contributed by atoms with Crippen molar-refractivity contribution in [3.63, 3.8) is 0 Å². The van der Waals surface area contributed by atoms with E-state index in [1.54, 1.807) is 6.92 Å². The highest BCUT2D eigenvalue weighted by Gasteiger charge is 2.21. The fourth-order valence-electron chi connectivity index (χ4n) is 1.81. The Balaban J connectivity index is 2.26. The summed E-state index contributed by atoms with van der Waals surface area (Å²) in [4.78, 5) is 4.68. The summed E-state index contributed by atoms with van der Waals surface area (Å²) in [6.45, 7) is 11.2. The van der Waals surface area contributed by atoms with E-state index >= 15 is 0 Å². The molecule has 0 aromatic carbocycles. The first-order valence-corrected chi connectivity index (χ1v) is 5.43. The zero-order chi connectivity index (χ0) is 10.6. The SMILES string of the molecule is CCN1CCN(C(C)OC(C)O)CC1. The third-order valence-electron chi connectivity index (χ3n) is 2.76. The summed E-state index contributed by atoms with van der Waals surface area (Å²) in [5, 5.41) is 9.09. The minimum atomic E-state index is -0.672. The second kappa shape index (κ2) is 5.66. The van der Waals surface area contributed by atoms with Crippen molar-refractivity contribution in [1.82, 2.24) is 9.80 Å². The second-order valence-corrected chi connectivity index (χ2v) is 3.80. The van der Waals surface area contributed by atoms with Crippen LogP contribution in [0.3, 0.4) is 0 Å². The van der Waals surface area contributed by atoms with Crippen LogP contribution in [0.15, 0.2) is 0 Å². The third-order valence-corrected chi connectivity index (χ3v) is 2.76. The van der Waals surface area contributed by atoms with E-state index in [-0.39, 0.29) is 6.23 Å². The molecule has 0 aromatic heterocycles. The Labute approximate surface area is 86.4 Å². The van der Waals surface area contributed by atoms with Gasteiger partial charge in [-0.15, -0.1) is 0 Å². The number of nitrogens with zero attached hydrogens (tertiary/aromatic N) is 2. The van der Waals surface area contributed by atoms with Gasteiger partial charge in [-0.3, -0.25) is 4.90 Å². The van der Waals surface area contributed by atoms with E-state index in [1.165, 1.54) is 0 Å². The Morgan fingerprint density at radius 3 is 2.21 bits per heavy atom. The van der Waals surface area contributed by atoms with Gasteiger partial charge >= 0.3 is 0 Å². The van der Waals surface area contributed by atoms with Crippen molar-refractivity contribution < 1.29 is 9.84 Å². The number of aliphatic hydroxyl groups excluding tert-OH is 1. The van der Waals surface area contributed by atoms with Crippen LogP contribution in [-0.2, 0) is 4.74 Å². The topological polar surface area (TPSA) is 35.9 Å². The zero-order valence-corrected chi connectivity index (χ0v) is 9.44. The lowest BCUT2D eigenvalue weighted by molar-refractivity contribution is -0.171. The predicted octanol–water partition coefficient (Wildman–Crippen LogP) is 0.325. The molecule has 0 spiro atoms. The minimum absolute atomic E-state index is 0.0222. The molecule has 14 heavy (non-hydrogen) atoms. The summed E-state index contributed by atoms with van der Waals surface area (Å²) < 4.78 is 5.32. The van der Waals surface area contributed by atoms with Gasteiger partial charge in [0.15, 0.2) is 6.29 Å². The number of piperazine rings is 1. The molecule has 0 saturated carbocycles. The molecule has 1 N–H and O–H groups in total. The number of aliphatic hydroxyl groups is 1. The smallest absolute Gasteiger partial charge is 0.153 e. The van der Waals surface area contributed by atoms with Gasteiger partial charge in [-0.25, -0.2) is 0 Å². The lowest BCUT2D eigenvalue weighted by Crippen LogP contribution is -2.50. The minimum Gasteiger partial charge on any atom is -0.368 e. The zero-order valence-electron chi connectivity index (χ0n) is 9.44. The lowest BCUT2D eigenvalue weighted by atomic mass is 10.3. The normalized spacial score (nSPS) is 24.9. The molecule has 0 aromatic rings. The first-order valence-electron chi connectivity index (χ1n) is 5.43. The van der Waals surface area contributed by atoms with Gasteiger partial charge in [0, 0.05) is 26.2 Å². The highest BCUT2D eigenvalue weighted by Crippen LogP contribution is 2.08. The van der Waals surface area contributed by atoms with Crippen LogP contribution in [0.2, 0.25) is 0 Å². The second-order valence-electron chi connectivity index (χ2n) is 3.80. The molecule has 2 unspecified atom stereocenters. The van der Waals surface area contributed by atoms with E-state index < -0.39 is 6.29 Å². The first kappa shape index (κ1) is 11.9. The molecule has 0 aliphatic carbocycles. The molecule has 4 nitrogen and oxygen atoms in total. The summed E-state index contributed by atoms with van der Waals surface area (Å²) in [6, 6.07) is 0. The molecule has 1 aliphatic rings. The van der Waals surface area contributed by atoms with Crippen LogP contribution in [-0.4, -0.2) is 60.1 Å². The van der Waals surface area contributed by atoms with Crippen LogP contribution in [0.1, 0.15) is 20.8 Å². The predicted molar refractivity (Wildman–Crippen MR) is 55.9 cm³/mol. The monoisotopic (exact) mass is 202 g/mol. The molecule has 1 rings (SSSR count). The highest BCUT2D eigenvalue weighted by atomic mass is 16.6. The summed E-state index contributed by atoms with van der Waals surface area (Å²) in [5.74, 6) is 0. The van der Waals surface area contributed by atoms with Crippen LogP contribution in [0, 0.1) is 0 Å². The van der Waals surface area contributed by atoms with Gasteiger partial charge in [0.05, 0.1) is 0 Å². The summed E-state index contributed by atoms with van der Waals surface area (Å²) in [5.41, 5.74) is 0. The molecule has 1 aliphatic heterocycles. The Bertz CT molecular complexity index is 156. The van der Waals surface area contributed by atoms with E-state index in [9.17, 15) is 0 Å². The molecule has 2 atom stereocenters. The number of likely N-dealkylation sites (N-methyl/N-ethyl adjacent to an activating group) is 1. The molecule has 0 radical (unpaired) electrons.